The van der Waals surface area contributed by atoms with Gasteiger partial charge in [0, 0.05) is 5.41 Å². The molecule has 4 rings (SSSR count). The van der Waals surface area contributed by atoms with Crippen LogP contribution in [0.2, 0.25) is 0 Å². The van der Waals surface area contributed by atoms with Crippen molar-refractivity contribution in [3.05, 3.63) is 24.0 Å². The van der Waals surface area contributed by atoms with E-state index in [0.717, 1.165) is 19.3 Å². The second kappa shape index (κ2) is 4.16. The van der Waals surface area contributed by atoms with Crippen molar-refractivity contribution in [3.8, 4) is 0 Å². The number of fused-ring (bicyclic) bond motifs is 1. The van der Waals surface area contributed by atoms with Crippen LogP contribution >= 0.6 is 0 Å². The lowest BCUT2D eigenvalue weighted by atomic mass is 9.45. The van der Waals surface area contributed by atoms with E-state index in [2.05, 4.69) is 20.4 Å². The van der Waals surface area contributed by atoms with Gasteiger partial charge in [0.25, 0.3) is 0 Å². The van der Waals surface area contributed by atoms with Crippen LogP contribution < -0.4 is 0 Å². The highest BCUT2D eigenvalue weighted by Crippen LogP contribution is 2.78. The number of Topliss-reactive ketones (excluding diaryl/α,β-unsaturated/α-hetero) is 1. The van der Waals surface area contributed by atoms with Gasteiger partial charge in [0.05, 0.1) is 11.5 Å². The Morgan fingerprint density at radius 2 is 1.92 bits per heavy atom. The summed E-state index contributed by atoms with van der Waals surface area (Å²) in [7, 11) is 0. The van der Waals surface area contributed by atoms with E-state index in [1.165, 1.54) is 0 Å². The van der Waals surface area contributed by atoms with Gasteiger partial charge in [-0.1, -0.05) is 33.8 Å². The van der Waals surface area contributed by atoms with E-state index >= 15 is 0 Å². The van der Waals surface area contributed by atoms with Crippen molar-refractivity contribution in [1.82, 2.24) is 0 Å². The first kappa shape index (κ1) is 16.3. The lowest BCUT2D eigenvalue weighted by Gasteiger charge is -2.55. The predicted molar refractivity (Wildman–Crippen MR) is 90.5 cm³/mol. The highest BCUT2D eigenvalue weighted by Gasteiger charge is 2.89. The molecule has 132 valence electrons. The van der Waals surface area contributed by atoms with Gasteiger partial charge in [-0.3, -0.25) is 4.79 Å². The number of carbonyl (C=O) groups is 1. The van der Waals surface area contributed by atoms with Gasteiger partial charge in [-0.15, -0.1) is 6.58 Å². The molecule has 0 amide bonds. The summed E-state index contributed by atoms with van der Waals surface area (Å²) in [6, 6.07) is 0. The van der Waals surface area contributed by atoms with Crippen molar-refractivity contribution in [2.24, 2.45) is 16.2 Å². The topological polar surface area (TPSA) is 70.1 Å². The highest BCUT2D eigenvalue weighted by molar-refractivity contribution is 6.07. The third-order valence-corrected chi connectivity index (χ3v) is 7.82. The Morgan fingerprint density at radius 3 is 2.54 bits per heavy atom. The summed E-state index contributed by atoms with van der Waals surface area (Å²) in [5.41, 5.74) is -2.38. The number of allylic oxidation sites excluding steroid dienone is 1. The fourth-order valence-electron chi connectivity index (χ4n) is 6.18. The third-order valence-electron chi connectivity index (χ3n) is 7.82. The van der Waals surface area contributed by atoms with Crippen molar-refractivity contribution in [3.63, 3.8) is 0 Å². The summed E-state index contributed by atoms with van der Waals surface area (Å²) in [5, 5.41) is 22.0. The number of hydrogen-bond acceptors (Lipinski definition) is 4. The molecule has 5 atom stereocenters. The molecule has 0 aromatic carbocycles. The van der Waals surface area contributed by atoms with Crippen LogP contribution in [0.15, 0.2) is 24.0 Å². The van der Waals surface area contributed by atoms with E-state index in [1.807, 2.05) is 19.9 Å². The van der Waals surface area contributed by atoms with Crippen LogP contribution in [-0.4, -0.2) is 33.3 Å². The molecule has 0 aromatic rings. The molecule has 2 N–H and O–H groups in total. The fourth-order valence-corrected chi connectivity index (χ4v) is 6.18. The Labute approximate surface area is 143 Å². The molecule has 1 heterocycles. The summed E-state index contributed by atoms with van der Waals surface area (Å²) in [6.45, 7) is 12.0. The zero-order valence-electron chi connectivity index (χ0n) is 15.1. The smallest absolute Gasteiger partial charge is 0.232 e. The van der Waals surface area contributed by atoms with Crippen LogP contribution in [0.25, 0.3) is 0 Å². The standard InChI is InChI=1S/C20H28O4/c1-6-17(4)10-12-14(22)15(23)20-16(2,3)8-7-9-19(20,24-20)18(12,5)13(21)11-17/h6,13,21-22H,1,7-11H2,2-5H3. The van der Waals surface area contributed by atoms with Crippen molar-refractivity contribution >= 4 is 5.78 Å². The minimum atomic E-state index is -0.983. The summed E-state index contributed by atoms with van der Waals surface area (Å²) >= 11 is 0. The van der Waals surface area contributed by atoms with Gasteiger partial charge in [-0.2, -0.15) is 0 Å². The molecule has 2 saturated carbocycles. The van der Waals surface area contributed by atoms with Crippen molar-refractivity contribution < 1.29 is 19.7 Å². The molecule has 1 saturated heterocycles. The predicted octanol–water partition coefficient (Wildman–Crippen LogP) is 3.45. The molecular weight excluding hydrogens is 304 g/mol. The molecular formula is C20H28O4. The molecule has 3 aliphatic carbocycles. The average Bonchev–Trinajstić information content (AvgIpc) is 3.22. The van der Waals surface area contributed by atoms with Crippen LogP contribution in [0, 0.1) is 16.2 Å². The molecule has 0 spiro atoms. The zero-order valence-corrected chi connectivity index (χ0v) is 15.1. The Kier molecular flexibility index (Phi) is 2.83. The normalized spacial score (nSPS) is 52.2. The molecule has 4 nitrogen and oxygen atoms in total. The van der Waals surface area contributed by atoms with E-state index in [-0.39, 0.29) is 22.4 Å². The van der Waals surface area contributed by atoms with Crippen LogP contribution in [0.4, 0.5) is 0 Å². The minimum Gasteiger partial charge on any atom is -0.504 e. The lowest BCUT2D eigenvalue weighted by molar-refractivity contribution is -0.131. The second-order valence-electron chi connectivity index (χ2n) is 9.46. The van der Waals surface area contributed by atoms with Gasteiger partial charge >= 0.3 is 0 Å². The maximum atomic E-state index is 13.2. The monoisotopic (exact) mass is 332 g/mol. The number of aliphatic hydroxyl groups excluding tert-OH is 2. The first-order valence-electron chi connectivity index (χ1n) is 9.01. The zero-order chi connectivity index (χ0) is 17.8. The summed E-state index contributed by atoms with van der Waals surface area (Å²) in [4.78, 5) is 13.2. The fraction of sp³-hybridized carbons (Fsp3) is 0.750. The molecule has 4 aliphatic rings. The molecule has 5 unspecified atom stereocenters. The number of aliphatic hydroxyl groups is 2. The van der Waals surface area contributed by atoms with Gasteiger partial charge in [0.2, 0.25) is 5.78 Å². The second-order valence-corrected chi connectivity index (χ2v) is 9.46. The molecule has 3 fully saturated rings. The van der Waals surface area contributed by atoms with Crippen LogP contribution in [0.1, 0.15) is 59.8 Å². The van der Waals surface area contributed by atoms with Gasteiger partial charge in [0.15, 0.2) is 11.4 Å². The maximum Gasteiger partial charge on any atom is 0.232 e. The van der Waals surface area contributed by atoms with Crippen LogP contribution in [0.5, 0.6) is 0 Å². The lowest BCUT2D eigenvalue weighted by Crippen LogP contribution is -2.64. The molecule has 0 aromatic heterocycles. The van der Waals surface area contributed by atoms with E-state index in [0.29, 0.717) is 18.4 Å². The number of rotatable bonds is 1. The number of hydrogen-bond donors (Lipinski definition) is 2. The van der Waals surface area contributed by atoms with Crippen molar-refractivity contribution in [1.29, 1.82) is 0 Å². The summed E-state index contributed by atoms with van der Waals surface area (Å²) < 4.78 is 6.32. The Bertz CT molecular complexity index is 692. The number of epoxide rings is 1. The quantitative estimate of drug-likeness (QED) is 0.570. The summed E-state index contributed by atoms with van der Waals surface area (Å²) in [5.74, 6) is -0.451. The van der Waals surface area contributed by atoms with E-state index in [1.54, 1.807) is 0 Å². The summed E-state index contributed by atoms with van der Waals surface area (Å²) in [6.07, 6.45) is 4.89. The van der Waals surface area contributed by atoms with Gasteiger partial charge in [-0.05, 0) is 43.1 Å². The molecule has 4 heteroatoms. The Morgan fingerprint density at radius 1 is 1.25 bits per heavy atom. The van der Waals surface area contributed by atoms with Gasteiger partial charge in [0.1, 0.15) is 5.60 Å². The average molecular weight is 332 g/mol. The van der Waals surface area contributed by atoms with E-state index in [9.17, 15) is 15.0 Å². The van der Waals surface area contributed by atoms with Crippen molar-refractivity contribution in [2.75, 3.05) is 0 Å². The SMILES string of the molecule is C=CC1(C)CC2=C(O)C(=O)C34OC3(CCCC4(C)C)C2(C)C(O)C1. The van der Waals surface area contributed by atoms with Crippen molar-refractivity contribution in [2.45, 2.75) is 77.1 Å². The largest absolute Gasteiger partial charge is 0.504 e. The van der Waals surface area contributed by atoms with E-state index < -0.39 is 22.7 Å². The van der Waals surface area contributed by atoms with Crippen LogP contribution in [0.3, 0.4) is 0 Å². The molecule has 0 radical (unpaired) electrons. The number of carbonyl (C=O) groups excluding carboxylic acids is 1. The first-order valence-corrected chi connectivity index (χ1v) is 9.01. The van der Waals surface area contributed by atoms with Gasteiger partial charge in [-0.25, -0.2) is 0 Å². The first-order chi connectivity index (χ1) is 11.0. The maximum absolute atomic E-state index is 13.2. The molecule has 0 bridgehead atoms. The third kappa shape index (κ3) is 1.39. The highest BCUT2D eigenvalue weighted by atomic mass is 16.6. The minimum absolute atomic E-state index is 0.174. The number of ether oxygens (including phenoxy) is 1. The molecule has 1 aliphatic heterocycles. The Hall–Kier alpha value is -1.13. The van der Waals surface area contributed by atoms with E-state index in [4.69, 9.17) is 4.74 Å². The molecule has 24 heavy (non-hydrogen) atoms. The van der Waals surface area contributed by atoms with Crippen LogP contribution in [-0.2, 0) is 9.53 Å². The van der Waals surface area contributed by atoms with Gasteiger partial charge < -0.3 is 14.9 Å². The number of ketones is 1. The Balaban J connectivity index is 1.96.